The zero-order chi connectivity index (χ0) is 17.1. The molecule has 3 atom stereocenters. The van der Waals surface area contributed by atoms with Crippen molar-refractivity contribution in [3.63, 3.8) is 0 Å². The van der Waals surface area contributed by atoms with Gasteiger partial charge in [0.05, 0.1) is 13.1 Å². The number of amides is 1. The van der Waals surface area contributed by atoms with E-state index in [1.54, 1.807) is 0 Å². The maximum absolute atomic E-state index is 12.4. The van der Waals surface area contributed by atoms with Crippen molar-refractivity contribution >= 4 is 17.3 Å². The first-order chi connectivity index (χ1) is 12.3. The Kier molecular flexibility index (Phi) is 5.25. The highest BCUT2D eigenvalue weighted by Crippen LogP contribution is 2.32. The van der Waals surface area contributed by atoms with Gasteiger partial charge in [0.1, 0.15) is 0 Å². The van der Waals surface area contributed by atoms with Crippen LogP contribution in [0.2, 0.25) is 0 Å². The molecule has 3 aliphatic rings. The van der Waals surface area contributed by atoms with E-state index >= 15 is 0 Å². The molecule has 2 saturated heterocycles. The molecule has 2 heterocycles. The second-order valence-corrected chi connectivity index (χ2v) is 8.26. The van der Waals surface area contributed by atoms with Crippen molar-refractivity contribution in [1.82, 2.24) is 0 Å². The molecular formula is C21H32N3O+. The number of carbonyl (C=O) groups excluding carboxylic acids is 1. The number of likely N-dealkylation sites (tertiary alicyclic amines) is 1. The number of nitrogens with zero attached hydrogens (tertiary/aromatic N) is 1. The van der Waals surface area contributed by atoms with Crippen molar-refractivity contribution in [2.24, 2.45) is 11.8 Å². The van der Waals surface area contributed by atoms with Gasteiger partial charge in [-0.3, -0.25) is 4.79 Å². The molecule has 2 N–H and O–H groups in total. The molecule has 4 rings (SSSR count). The fourth-order valence-electron chi connectivity index (χ4n) is 5.12. The van der Waals surface area contributed by atoms with Gasteiger partial charge < -0.3 is 15.1 Å². The number of rotatable bonds is 4. The van der Waals surface area contributed by atoms with E-state index in [4.69, 9.17) is 0 Å². The highest BCUT2D eigenvalue weighted by molar-refractivity contribution is 5.91. The smallest absolute Gasteiger partial charge is 0.279 e. The Labute approximate surface area is 151 Å². The number of fused-ring (bicyclic) bond motifs is 1. The van der Waals surface area contributed by atoms with Gasteiger partial charge in [-0.05, 0) is 62.3 Å². The molecule has 0 radical (unpaired) electrons. The van der Waals surface area contributed by atoms with Crippen molar-refractivity contribution in [2.45, 2.75) is 44.9 Å². The van der Waals surface area contributed by atoms with Gasteiger partial charge in [0.15, 0.2) is 6.54 Å². The van der Waals surface area contributed by atoms with E-state index in [0.29, 0.717) is 6.54 Å². The second kappa shape index (κ2) is 7.77. The molecule has 136 valence electrons. The monoisotopic (exact) mass is 342 g/mol. The summed E-state index contributed by atoms with van der Waals surface area (Å²) in [6, 6.07) is 8.38. The van der Waals surface area contributed by atoms with Crippen LogP contribution in [0.4, 0.5) is 11.4 Å². The quantitative estimate of drug-likeness (QED) is 0.881. The summed E-state index contributed by atoms with van der Waals surface area (Å²) in [7, 11) is 0. The molecule has 25 heavy (non-hydrogen) atoms. The third-order valence-electron chi connectivity index (χ3n) is 6.52. The zero-order valence-electron chi connectivity index (χ0n) is 15.3. The molecule has 1 aromatic carbocycles. The van der Waals surface area contributed by atoms with Crippen LogP contribution in [-0.4, -0.2) is 38.6 Å². The third kappa shape index (κ3) is 4.17. The van der Waals surface area contributed by atoms with Crippen LogP contribution in [0.15, 0.2) is 24.3 Å². The van der Waals surface area contributed by atoms with Gasteiger partial charge in [-0.15, -0.1) is 0 Å². The van der Waals surface area contributed by atoms with Crippen molar-refractivity contribution in [1.29, 1.82) is 0 Å². The number of quaternary nitrogens is 1. The summed E-state index contributed by atoms with van der Waals surface area (Å²) >= 11 is 0. The Balaban J connectivity index is 1.27. The molecule has 0 spiro atoms. The Morgan fingerprint density at radius 1 is 1.00 bits per heavy atom. The number of piperidine rings is 1. The van der Waals surface area contributed by atoms with Crippen LogP contribution in [0.1, 0.15) is 44.9 Å². The fraction of sp³-hybridized carbons (Fsp3) is 0.667. The van der Waals surface area contributed by atoms with Gasteiger partial charge in [-0.25, -0.2) is 0 Å². The lowest BCUT2D eigenvalue weighted by Crippen LogP contribution is -3.15. The van der Waals surface area contributed by atoms with Gasteiger partial charge in [0.25, 0.3) is 5.91 Å². The number of nitrogens with one attached hydrogen (secondary N) is 2. The molecular weight excluding hydrogens is 310 g/mol. The molecule has 2 aliphatic heterocycles. The summed E-state index contributed by atoms with van der Waals surface area (Å²) in [5.41, 5.74) is 2.21. The molecule has 1 amide bonds. The third-order valence-corrected chi connectivity index (χ3v) is 6.52. The minimum absolute atomic E-state index is 0.165. The first-order valence-electron chi connectivity index (χ1n) is 10.3. The van der Waals surface area contributed by atoms with Gasteiger partial charge in [0, 0.05) is 30.4 Å². The van der Waals surface area contributed by atoms with Gasteiger partial charge in [-0.1, -0.05) is 12.8 Å². The largest absolute Gasteiger partial charge is 0.372 e. The summed E-state index contributed by atoms with van der Waals surface area (Å²) in [6.45, 7) is 5.31. The summed E-state index contributed by atoms with van der Waals surface area (Å²) in [5, 5.41) is 3.10. The molecule has 3 fully saturated rings. The van der Waals surface area contributed by atoms with Gasteiger partial charge in [-0.2, -0.15) is 0 Å². The number of benzene rings is 1. The zero-order valence-corrected chi connectivity index (χ0v) is 15.3. The van der Waals surface area contributed by atoms with Crippen molar-refractivity contribution in [3.8, 4) is 0 Å². The van der Waals surface area contributed by atoms with E-state index in [9.17, 15) is 4.79 Å². The van der Waals surface area contributed by atoms with Crippen LogP contribution in [0, 0.1) is 11.8 Å². The Hall–Kier alpha value is -1.55. The summed E-state index contributed by atoms with van der Waals surface area (Å²) in [5.74, 6) is 1.97. The van der Waals surface area contributed by atoms with Crippen LogP contribution in [-0.2, 0) is 4.79 Å². The highest BCUT2D eigenvalue weighted by Gasteiger charge is 2.34. The molecule has 4 heteroatoms. The Morgan fingerprint density at radius 2 is 1.72 bits per heavy atom. The Bertz CT molecular complexity index is 579. The SMILES string of the molecule is O=C(C[NH+]1CC[C@@H]2CCCC[C@@H]2C1)Nc1ccc(N2CCCC2)cc1. The molecule has 1 aliphatic carbocycles. The minimum Gasteiger partial charge on any atom is -0.372 e. The predicted molar refractivity (Wildman–Crippen MR) is 102 cm³/mol. The van der Waals surface area contributed by atoms with E-state index in [-0.39, 0.29) is 5.91 Å². The van der Waals surface area contributed by atoms with Gasteiger partial charge >= 0.3 is 0 Å². The van der Waals surface area contributed by atoms with E-state index in [1.165, 1.54) is 68.6 Å². The van der Waals surface area contributed by atoms with Crippen LogP contribution >= 0.6 is 0 Å². The van der Waals surface area contributed by atoms with Crippen LogP contribution < -0.4 is 15.1 Å². The molecule has 1 unspecified atom stereocenters. The normalized spacial score (nSPS) is 29.3. The maximum atomic E-state index is 12.4. The highest BCUT2D eigenvalue weighted by atomic mass is 16.2. The molecule has 1 aromatic rings. The minimum atomic E-state index is 0.165. The lowest BCUT2D eigenvalue weighted by molar-refractivity contribution is -0.902. The number of carbonyl (C=O) groups is 1. The average Bonchev–Trinajstić information content (AvgIpc) is 3.17. The fourth-order valence-corrected chi connectivity index (χ4v) is 5.12. The summed E-state index contributed by atoms with van der Waals surface area (Å²) in [6.07, 6.45) is 9.52. The predicted octanol–water partition coefficient (Wildman–Crippen LogP) is 2.32. The lowest BCUT2D eigenvalue weighted by atomic mass is 9.75. The summed E-state index contributed by atoms with van der Waals surface area (Å²) in [4.78, 5) is 16.3. The number of anilines is 2. The van der Waals surface area contributed by atoms with Crippen LogP contribution in [0.3, 0.4) is 0 Å². The Morgan fingerprint density at radius 3 is 2.48 bits per heavy atom. The van der Waals surface area contributed by atoms with Crippen molar-refractivity contribution < 1.29 is 9.69 Å². The summed E-state index contributed by atoms with van der Waals surface area (Å²) < 4.78 is 0. The van der Waals surface area contributed by atoms with E-state index in [2.05, 4.69) is 22.3 Å². The lowest BCUT2D eigenvalue weighted by Gasteiger charge is -2.38. The number of hydrogen-bond donors (Lipinski definition) is 2. The van der Waals surface area contributed by atoms with E-state index in [0.717, 1.165) is 30.6 Å². The van der Waals surface area contributed by atoms with Gasteiger partial charge in [0.2, 0.25) is 0 Å². The van der Waals surface area contributed by atoms with Crippen molar-refractivity contribution in [3.05, 3.63) is 24.3 Å². The first kappa shape index (κ1) is 16.9. The van der Waals surface area contributed by atoms with E-state index in [1.807, 2.05) is 12.1 Å². The topological polar surface area (TPSA) is 36.8 Å². The van der Waals surface area contributed by atoms with Crippen LogP contribution in [0.25, 0.3) is 0 Å². The molecule has 1 saturated carbocycles. The maximum Gasteiger partial charge on any atom is 0.279 e. The molecule has 0 bridgehead atoms. The molecule has 0 aromatic heterocycles. The van der Waals surface area contributed by atoms with E-state index < -0.39 is 0 Å². The van der Waals surface area contributed by atoms with Crippen LogP contribution in [0.5, 0.6) is 0 Å². The second-order valence-electron chi connectivity index (χ2n) is 8.26. The first-order valence-corrected chi connectivity index (χ1v) is 10.3. The standard InChI is InChI=1S/C21H31N3O/c25-21(16-23-14-11-17-5-1-2-6-18(17)15-23)22-19-7-9-20(10-8-19)24-12-3-4-13-24/h7-10,17-18H,1-6,11-16H2,(H,22,25)/p+1/t17-,18+/m0/s1. The molecule has 4 nitrogen and oxygen atoms in total. The number of hydrogen-bond acceptors (Lipinski definition) is 2. The average molecular weight is 343 g/mol. The van der Waals surface area contributed by atoms with Crippen molar-refractivity contribution in [2.75, 3.05) is 42.9 Å².